The van der Waals surface area contributed by atoms with Crippen LogP contribution >= 0.6 is 11.3 Å². The van der Waals surface area contributed by atoms with Crippen molar-refractivity contribution in [3.8, 4) is 0 Å². The smallest absolute Gasteiger partial charge is 0.270 e. The first kappa shape index (κ1) is 14.5. The number of nitrogens with zero attached hydrogens (tertiary/aromatic N) is 1. The lowest BCUT2D eigenvalue weighted by molar-refractivity contribution is 0.0889. The highest BCUT2D eigenvalue weighted by molar-refractivity contribution is 7.07. The quantitative estimate of drug-likeness (QED) is 0.909. The molecule has 2 rings (SSSR count). The number of hydrogen-bond donors (Lipinski definition) is 1. The summed E-state index contributed by atoms with van der Waals surface area (Å²) in [6, 6.07) is 0.332. The number of thiazole rings is 1. The molecule has 1 fully saturated rings. The molecule has 0 atom stereocenters. The van der Waals surface area contributed by atoms with Crippen LogP contribution in [0.3, 0.4) is 0 Å². The predicted molar refractivity (Wildman–Crippen MR) is 79.4 cm³/mol. The summed E-state index contributed by atoms with van der Waals surface area (Å²) in [5, 5.41) is 4.92. The number of amides is 1. The summed E-state index contributed by atoms with van der Waals surface area (Å²) in [5.74, 6) is 0.782. The largest absolute Gasteiger partial charge is 0.348 e. The van der Waals surface area contributed by atoms with E-state index in [0.29, 0.717) is 17.2 Å². The minimum atomic E-state index is -0.0144. The molecule has 4 heteroatoms. The molecule has 0 spiro atoms. The van der Waals surface area contributed by atoms with Crippen molar-refractivity contribution >= 4 is 17.2 Å². The number of aromatic nitrogens is 1. The van der Waals surface area contributed by atoms with Crippen molar-refractivity contribution in [3.05, 3.63) is 16.6 Å². The van der Waals surface area contributed by atoms with E-state index in [9.17, 15) is 4.79 Å². The van der Waals surface area contributed by atoms with Crippen molar-refractivity contribution in [1.29, 1.82) is 0 Å². The van der Waals surface area contributed by atoms with Crippen molar-refractivity contribution in [1.82, 2.24) is 10.3 Å². The molecule has 1 aromatic heterocycles. The zero-order valence-electron chi connectivity index (χ0n) is 12.1. The highest BCUT2D eigenvalue weighted by Crippen LogP contribution is 2.40. The molecule has 1 aliphatic rings. The van der Waals surface area contributed by atoms with Crippen molar-refractivity contribution < 1.29 is 4.79 Å². The van der Waals surface area contributed by atoms with E-state index in [0.717, 1.165) is 18.8 Å². The van der Waals surface area contributed by atoms with Crippen LogP contribution in [-0.4, -0.2) is 16.9 Å². The molecule has 3 nitrogen and oxygen atoms in total. The number of hydrogen-bond acceptors (Lipinski definition) is 3. The summed E-state index contributed by atoms with van der Waals surface area (Å²) < 4.78 is 0. The molecule has 1 aliphatic carbocycles. The third-order valence-electron chi connectivity index (χ3n) is 4.74. The Morgan fingerprint density at radius 1 is 1.42 bits per heavy atom. The second kappa shape index (κ2) is 6.04. The van der Waals surface area contributed by atoms with Crippen molar-refractivity contribution in [2.45, 2.75) is 58.9 Å². The van der Waals surface area contributed by atoms with Gasteiger partial charge in [0.15, 0.2) is 0 Å². The van der Waals surface area contributed by atoms with E-state index in [-0.39, 0.29) is 5.91 Å². The first-order chi connectivity index (χ1) is 9.03. The third kappa shape index (κ3) is 3.56. The Labute approximate surface area is 119 Å². The van der Waals surface area contributed by atoms with Crippen LogP contribution in [-0.2, 0) is 0 Å². The van der Waals surface area contributed by atoms with Crippen LogP contribution in [0.15, 0.2) is 10.9 Å². The van der Waals surface area contributed by atoms with Gasteiger partial charge in [-0.05, 0) is 37.0 Å². The average molecular weight is 280 g/mol. The Morgan fingerprint density at radius 2 is 2.11 bits per heavy atom. The van der Waals surface area contributed by atoms with E-state index < -0.39 is 0 Å². The van der Waals surface area contributed by atoms with E-state index in [1.807, 2.05) is 0 Å². The Kier molecular flexibility index (Phi) is 4.61. The first-order valence-electron chi connectivity index (χ1n) is 7.22. The molecule has 1 N–H and O–H groups in total. The van der Waals surface area contributed by atoms with Gasteiger partial charge in [-0.15, -0.1) is 11.3 Å². The fourth-order valence-electron chi connectivity index (χ4n) is 2.89. The van der Waals surface area contributed by atoms with Gasteiger partial charge in [-0.1, -0.05) is 27.2 Å². The molecule has 0 unspecified atom stereocenters. The number of rotatable bonds is 4. The zero-order chi connectivity index (χ0) is 13.9. The minimum Gasteiger partial charge on any atom is -0.348 e. The standard InChI is InChI=1S/C15H24N2OS/c1-4-15(2,3)11-5-7-12(8-6-11)17-14(18)13-9-19-10-16-13/h9-12H,4-8H2,1-3H3,(H,17,18). The summed E-state index contributed by atoms with van der Waals surface area (Å²) in [4.78, 5) is 16.0. The average Bonchev–Trinajstić information content (AvgIpc) is 2.93. The molecule has 1 heterocycles. The normalized spacial score (nSPS) is 24.2. The third-order valence-corrected chi connectivity index (χ3v) is 5.33. The van der Waals surface area contributed by atoms with Crippen LogP contribution in [0.2, 0.25) is 0 Å². The second-order valence-electron chi connectivity index (χ2n) is 6.24. The van der Waals surface area contributed by atoms with Gasteiger partial charge in [0.25, 0.3) is 5.91 Å². The summed E-state index contributed by atoms with van der Waals surface area (Å²) >= 11 is 1.46. The first-order valence-corrected chi connectivity index (χ1v) is 8.16. The number of carbonyl (C=O) groups is 1. The van der Waals surface area contributed by atoms with Crippen LogP contribution in [0.1, 0.15) is 63.4 Å². The maximum absolute atomic E-state index is 11.9. The summed E-state index contributed by atoms with van der Waals surface area (Å²) in [6.07, 6.45) is 5.88. The Balaban J connectivity index is 1.82. The molecule has 0 radical (unpaired) electrons. The summed E-state index contributed by atoms with van der Waals surface area (Å²) in [7, 11) is 0. The molecule has 1 amide bonds. The fraction of sp³-hybridized carbons (Fsp3) is 0.733. The summed E-state index contributed by atoms with van der Waals surface area (Å²) in [6.45, 7) is 7.01. The van der Waals surface area contributed by atoms with Gasteiger partial charge in [0.05, 0.1) is 5.51 Å². The zero-order valence-corrected chi connectivity index (χ0v) is 12.9. The van der Waals surface area contributed by atoms with E-state index in [1.54, 1.807) is 10.9 Å². The fourth-order valence-corrected chi connectivity index (χ4v) is 3.42. The maximum Gasteiger partial charge on any atom is 0.270 e. The lowest BCUT2D eigenvalue weighted by atomic mass is 9.69. The lowest BCUT2D eigenvalue weighted by Crippen LogP contribution is -2.40. The van der Waals surface area contributed by atoms with Gasteiger partial charge in [0.1, 0.15) is 5.69 Å². The molecular weight excluding hydrogens is 256 g/mol. The Hall–Kier alpha value is -0.900. The van der Waals surface area contributed by atoms with Crippen LogP contribution in [0.4, 0.5) is 0 Å². The molecule has 0 aliphatic heterocycles. The highest BCUT2D eigenvalue weighted by Gasteiger charge is 2.32. The van der Waals surface area contributed by atoms with Gasteiger partial charge in [0.2, 0.25) is 0 Å². The van der Waals surface area contributed by atoms with E-state index in [4.69, 9.17) is 0 Å². The molecule has 0 saturated heterocycles. The van der Waals surface area contributed by atoms with Crippen molar-refractivity contribution in [2.75, 3.05) is 0 Å². The Bertz CT molecular complexity index is 406. The number of nitrogens with one attached hydrogen (secondary N) is 1. The highest BCUT2D eigenvalue weighted by atomic mass is 32.1. The molecule has 1 aromatic rings. The predicted octanol–water partition coefficient (Wildman–Crippen LogP) is 3.87. The van der Waals surface area contributed by atoms with Crippen LogP contribution in [0.25, 0.3) is 0 Å². The van der Waals surface area contributed by atoms with Gasteiger partial charge >= 0.3 is 0 Å². The van der Waals surface area contributed by atoms with E-state index >= 15 is 0 Å². The van der Waals surface area contributed by atoms with E-state index in [1.165, 1.54) is 30.6 Å². The summed E-state index contributed by atoms with van der Waals surface area (Å²) in [5.41, 5.74) is 2.69. The maximum atomic E-state index is 11.9. The molecule has 1 saturated carbocycles. The monoisotopic (exact) mass is 280 g/mol. The molecular formula is C15H24N2OS. The molecule has 0 bridgehead atoms. The Morgan fingerprint density at radius 3 is 2.63 bits per heavy atom. The van der Waals surface area contributed by atoms with Crippen molar-refractivity contribution in [2.24, 2.45) is 11.3 Å². The molecule has 19 heavy (non-hydrogen) atoms. The SMILES string of the molecule is CCC(C)(C)C1CCC(NC(=O)c2cscn2)CC1. The van der Waals surface area contributed by atoms with Gasteiger partial charge in [0, 0.05) is 11.4 Å². The van der Waals surface area contributed by atoms with Crippen LogP contribution in [0, 0.1) is 11.3 Å². The van der Waals surface area contributed by atoms with Gasteiger partial charge < -0.3 is 5.32 Å². The van der Waals surface area contributed by atoms with Crippen molar-refractivity contribution in [3.63, 3.8) is 0 Å². The van der Waals surface area contributed by atoms with Gasteiger partial charge in [-0.3, -0.25) is 4.79 Å². The van der Waals surface area contributed by atoms with Gasteiger partial charge in [-0.2, -0.15) is 0 Å². The topological polar surface area (TPSA) is 42.0 Å². The second-order valence-corrected chi connectivity index (χ2v) is 6.96. The minimum absolute atomic E-state index is 0.0144. The van der Waals surface area contributed by atoms with Crippen LogP contribution < -0.4 is 5.32 Å². The molecule has 0 aromatic carbocycles. The molecule has 106 valence electrons. The lowest BCUT2D eigenvalue weighted by Gasteiger charge is -2.39. The van der Waals surface area contributed by atoms with E-state index in [2.05, 4.69) is 31.1 Å². The number of carbonyl (C=O) groups excluding carboxylic acids is 1. The van der Waals surface area contributed by atoms with Gasteiger partial charge in [-0.25, -0.2) is 4.98 Å². The van der Waals surface area contributed by atoms with Crippen LogP contribution in [0.5, 0.6) is 0 Å².